The number of aliphatic hydroxyl groups is 1. The van der Waals surface area contributed by atoms with Gasteiger partial charge in [0.15, 0.2) is 11.3 Å². The fourth-order valence-electron chi connectivity index (χ4n) is 4.62. The SMILES string of the molecule is NN1C(=O)C2(CCCCC2)n2c(cc3cnc(Nc4ccc(S(N)(=O)=O)nc4)nc32)C1O. The van der Waals surface area contributed by atoms with Crippen LogP contribution in [0, 0.1) is 0 Å². The Morgan fingerprint density at radius 1 is 1.16 bits per heavy atom. The lowest BCUT2D eigenvalue weighted by Crippen LogP contribution is -2.59. The molecule has 1 saturated carbocycles. The van der Waals surface area contributed by atoms with Crippen molar-refractivity contribution in [3.05, 3.63) is 36.3 Å². The molecule has 5 rings (SSSR count). The van der Waals surface area contributed by atoms with E-state index in [2.05, 4.69) is 20.3 Å². The minimum atomic E-state index is -3.90. The molecule has 3 aromatic rings. The molecule has 1 atom stereocenters. The highest BCUT2D eigenvalue weighted by Crippen LogP contribution is 2.45. The molecule has 12 nitrogen and oxygen atoms in total. The predicted molar refractivity (Wildman–Crippen MR) is 113 cm³/mol. The Hall–Kier alpha value is -3.13. The largest absolute Gasteiger partial charge is 0.367 e. The molecular weight excluding hydrogens is 436 g/mol. The highest BCUT2D eigenvalue weighted by atomic mass is 32.2. The normalized spacial score (nSPS) is 20.5. The Morgan fingerprint density at radius 3 is 2.56 bits per heavy atom. The van der Waals surface area contributed by atoms with Gasteiger partial charge in [0.05, 0.1) is 17.6 Å². The third kappa shape index (κ3) is 3.12. The number of sulfonamides is 1. The molecule has 1 aliphatic heterocycles. The van der Waals surface area contributed by atoms with Crippen LogP contribution in [-0.4, -0.2) is 44.0 Å². The molecule has 3 aromatic heterocycles. The number of nitrogens with zero attached hydrogens (tertiary/aromatic N) is 5. The van der Waals surface area contributed by atoms with Gasteiger partial charge in [-0.1, -0.05) is 19.3 Å². The monoisotopic (exact) mass is 458 g/mol. The topological polar surface area (TPSA) is 182 Å². The number of carbonyl (C=O) groups is 1. The Kier molecular flexibility index (Phi) is 4.67. The quantitative estimate of drug-likeness (QED) is 0.322. The summed E-state index contributed by atoms with van der Waals surface area (Å²) in [7, 11) is -3.90. The van der Waals surface area contributed by atoms with Crippen molar-refractivity contribution in [3.8, 4) is 0 Å². The van der Waals surface area contributed by atoms with Gasteiger partial charge in [-0.2, -0.15) is 4.98 Å². The van der Waals surface area contributed by atoms with E-state index in [1.54, 1.807) is 12.3 Å². The number of fused-ring (bicyclic) bond motifs is 4. The van der Waals surface area contributed by atoms with Crippen molar-refractivity contribution < 1.29 is 18.3 Å². The van der Waals surface area contributed by atoms with Crippen LogP contribution in [0.2, 0.25) is 0 Å². The number of pyridine rings is 1. The minimum absolute atomic E-state index is 0.228. The van der Waals surface area contributed by atoms with Gasteiger partial charge < -0.3 is 15.0 Å². The molecule has 168 valence electrons. The van der Waals surface area contributed by atoms with E-state index in [9.17, 15) is 18.3 Å². The third-order valence-electron chi connectivity index (χ3n) is 6.12. The number of hydrogen-bond acceptors (Lipinski definition) is 9. The molecule has 0 aromatic carbocycles. The maximum absolute atomic E-state index is 13.2. The van der Waals surface area contributed by atoms with Gasteiger partial charge in [0.25, 0.3) is 15.9 Å². The van der Waals surface area contributed by atoms with Crippen molar-refractivity contribution in [1.82, 2.24) is 24.5 Å². The summed E-state index contributed by atoms with van der Waals surface area (Å²) in [5.74, 6) is 5.85. The molecule has 1 fully saturated rings. The number of hydrogen-bond donors (Lipinski definition) is 4. The first-order valence-electron chi connectivity index (χ1n) is 10.1. The first-order valence-corrected chi connectivity index (χ1v) is 11.7. The molecule has 2 aliphatic rings. The van der Waals surface area contributed by atoms with Crippen molar-refractivity contribution in [2.45, 2.75) is 48.9 Å². The summed E-state index contributed by atoms with van der Waals surface area (Å²) < 4.78 is 24.6. The van der Waals surface area contributed by atoms with Crippen molar-refractivity contribution in [2.75, 3.05) is 5.32 Å². The summed E-state index contributed by atoms with van der Waals surface area (Å²) in [5.41, 5.74) is 0.565. The summed E-state index contributed by atoms with van der Waals surface area (Å²) >= 11 is 0. The second-order valence-corrected chi connectivity index (χ2v) is 9.62. The number of hydrazine groups is 1. The molecule has 1 amide bonds. The standard InChI is InChI=1S/C19H22N8O4S/c20-27-16(28)13-8-11-9-23-18(24-12-4-5-14(22-10-12)32(21,30)31)25-15(11)26(13)19(17(27)29)6-2-1-3-7-19/h4-5,8-10,16,28H,1-3,6-7,20H2,(H2,21,30,31)(H,23,24,25). The number of amides is 1. The lowest BCUT2D eigenvalue weighted by atomic mass is 9.79. The van der Waals surface area contributed by atoms with Crippen LogP contribution in [-0.2, 0) is 20.4 Å². The van der Waals surface area contributed by atoms with E-state index in [0.717, 1.165) is 24.3 Å². The van der Waals surface area contributed by atoms with E-state index in [0.29, 0.717) is 35.3 Å². The van der Waals surface area contributed by atoms with E-state index >= 15 is 0 Å². The first kappa shape index (κ1) is 20.8. The van der Waals surface area contributed by atoms with Gasteiger partial charge in [-0.15, -0.1) is 0 Å². The van der Waals surface area contributed by atoms with Crippen LogP contribution in [0.3, 0.4) is 0 Å². The van der Waals surface area contributed by atoms with Crippen LogP contribution in [0.15, 0.2) is 35.6 Å². The molecule has 13 heteroatoms. The second kappa shape index (κ2) is 7.20. The van der Waals surface area contributed by atoms with E-state index in [4.69, 9.17) is 11.0 Å². The number of rotatable bonds is 3. The van der Waals surface area contributed by atoms with Gasteiger partial charge in [0.1, 0.15) is 11.2 Å². The molecule has 1 aliphatic carbocycles. The Balaban J connectivity index is 1.59. The van der Waals surface area contributed by atoms with Gasteiger partial charge in [-0.25, -0.2) is 34.4 Å². The number of anilines is 2. The maximum Gasteiger partial charge on any atom is 0.265 e. The zero-order valence-corrected chi connectivity index (χ0v) is 17.8. The van der Waals surface area contributed by atoms with Crippen molar-refractivity contribution >= 4 is 38.6 Å². The van der Waals surface area contributed by atoms with Crippen LogP contribution in [0.5, 0.6) is 0 Å². The van der Waals surface area contributed by atoms with Crippen LogP contribution in [0.1, 0.15) is 44.0 Å². The highest BCUT2D eigenvalue weighted by molar-refractivity contribution is 7.89. The summed E-state index contributed by atoms with van der Waals surface area (Å²) in [5, 5.41) is 20.0. The number of nitrogens with two attached hydrogens (primary N) is 2. The molecule has 0 radical (unpaired) electrons. The average molecular weight is 459 g/mol. The summed E-state index contributed by atoms with van der Waals surface area (Å²) in [6.45, 7) is 0. The van der Waals surface area contributed by atoms with E-state index < -0.39 is 21.8 Å². The van der Waals surface area contributed by atoms with Crippen LogP contribution in [0.4, 0.5) is 11.6 Å². The van der Waals surface area contributed by atoms with Gasteiger partial charge in [0, 0.05) is 11.6 Å². The Bertz CT molecular complexity index is 1320. The smallest absolute Gasteiger partial charge is 0.265 e. The van der Waals surface area contributed by atoms with Crippen molar-refractivity contribution in [3.63, 3.8) is 0 Å². The lowest BCUT2D eigenvalue weighted by molar-refractivity contribution is -0.161. The molecule has 1 spiro atoms. The van der Waals surface area contributed by atoms with Gasteiger partial charge in [-0.05, 0) is 31.0 Å². The predicted octanol–water partition coefficient (Wildman–Crippen LogP) is 0.583. The fraction of sp³-hybridized carbons (Fsp3) is 0.368. The maximum atomic E-state index is 13.2. The molecule has 4 heterocycles. The number of aromatic nitrogens is 4. The van der Waals surface area contributed by atoms with Gasteiger partial charge >= 0.3 is 0 Å². The first-order chi connectivity index (χ1) is 15.2. The van der Waals surface area contributed by atoms with Crippen LogP contribution in [0.25, 0.3) is 11.0 Å². The minimum Gasteiger partial charge on any atom is -0.367 e. The molecule has 1 unspecified atom stereocenters. The highest BCUT2D eigenvalue weighted by Gasteiger charge is 2.51. The zero-order valence-electron chi connectivity index (χ0n) is 17.0. The average Bonchev–Trinajstić information content (AvgIpc) is 3.16. The molecule has 0 bridgehead atoms. The van der Waals surface area contributed by atoms with E-state index in [1.165, 1.54) is 18.3 Å². The van der Waals surface area contributed by atoms with Gasteiger partial charge in [0.2, 0.25) is 5.95 Å². The molecular formula is C19H22N8O4S. The summed E-state index contributed by atoms with van der Waals surface area (Å²) in [6, 6.07) is 4.52. The fourth-order valence-corrected chi connectivity index (χ4v) is 5.08. The zero-order chi connectivity index (χ0) is 22.7. The second-order valence-electron chi connectivity index (χ2n) is 8.11. The Labute approximate surface area is 183 Å². The molecule has 6 N–H and O–H groups in total. The van der Waals surface area contributed by atoms with Crippen molar-refractivity contribution in [1.29, 1.82) is 0 Å². The number of primary sulfonamides is 1. The summed E-state index contributed by atoms with van der Waals surface area (Å²) in [6.07, 6.45) is 5.60. The number of nitrogens with one attached hydrogen (secondary N) is 1. The Morgan fingerprint density at radius 2 is 1.91 bits per heavy atom. The van der Waals surface area contributed by atoms with Gasteiger partial charge in [-0.3, -0.25) is 4.79 Å². The number of aliphatic hydroxyl groups excluding tert-OH is 1. The van der Waals surface area contributed by atoms with E-state index in [1.807, 2.05) is 4.57 Å². The third-order valence-corrected chi connectivity index (χ3v) is 6.95. The lowest BCUT2D eigenvalue weighted by Gasteiger charge is -2.46. The van der Waals surface area contributed by atoms with Crippen LogP contribution >= 0.6 is 0 Å². The molecule has 0 saturated heterocycles. The molecule has 32 heavy (non-hydrogen) atoms. The van der Waals surface area contributed by atoms with Crippen molar-refractivity contribution in [2.24, 2.45) is 11.0 Å². The van der Waals surface area contributed by atoms with Crippen LogP contribution < -0.4 is 16.3 Å². The summed E-state index contributed by atoms with van der Waals surface area (Å²) in [4.78, 5) is 25.9. The van der Waals surface area contributed by atoms with E-state index in [-0.39, 0.29) is 16.9 Å². The number of carbonyl (C=O) groups excluding carboxylic acids is 1.